The summed E-state index contributed by atoms with van der Waals surface area (Å²) in [5.74, 6) is 1.87. The zero-order chi connectivity index (χ0) is 27.7. The number of aromatic nitrogens is 3. The molecule has 0 N–H and O–H groups in total. The van der Waals surface area contributed by atoms with Gasteiger partial charge in [-0.3, -0.25) is 0 Å². The van der Waals surface area contributed by atoms with Crippen LogP contribution >= 0.6 is 0 Å². The van der Waals surface area contributed by atoms with Crippen molar-refractivity contribution in [1.82, 2.24) is 15.0 Å². The van der Waals surface area contributed by atoms with Gasteiger partial charge in [-0.2, -0.15) is 0 Å². The molecule has 0 fully saturated rings. The van der Waals surface area contributed by atoms with Gasteiger partial charge >= 0.3 is 0 Å². The van der Waals surface area contributed by atoms with Gasteiger partial charge in [-0.15, -0.1) is 0 Å². The fraction of sp³-hybridized carbons (Fsp3) is 0.108. The topological polar surface area (TPSA) is 51.8 Å². The second kappa shape index (κ2) is 8.70. The van der Waals surface area contributed by atoms with Crippen LogP contribution < -0.4 is 0 Å². The molecule has 5 aromatic carbocycles. The van der Waals surface area contributed by atoms with Gasteiger partial charge < -0.3 is 4.42 Å². The summed E-state index contributed by atoms with van der Waals surface area (Å²) in [5.41, 5.74) is 10.7. The van der Waals surface area contributed by atoms with Gasteiger partial charge in [0.1, 0.15) is 11.2 Å². The van der Waals surface area contributed by atoms with Crippen LogP contribution in [0.25, 0.3) is 67.2 Å². The summed E-state index contributed by atoms with van der Waals surface area (Å²) in [4.78, 5) is 14.9. The Morgan fingerprint density at radius 3 is 2.05 bits per heavy atom. The molecular formula is C37H27N3O. The molecule has 0 aliphatic heterocycles. The number of aryl methyl sites for hydroxylation is 1. The van der Waals surface area contributed by atoms with Crippen molar-refractivity contribution >= 4 is 21.9 Å². The Morgan fingerprint density at radius 1 is 0.537 bits per heavy atom. The second-order valence-electron chi connectivity index (χ2n) is 11.4. The van der Waals surface area contributed by atoms with Crippen molar-refractivity contribution < 1.29 is 4.42 Å². The third-order valence-corrected chi connectivity index (χ3v) is 8.39. The molecule has 8 rings (SSSR count). The highest BCUT2D eigenvalue weighted by molar-refractivity contribution is 6.11. The van der Waals surface area contributed by atoms with Crippen molar-refractivity contribution in [1.29, 1.82) is 0 Å². The molecule has 1 aliphatic carbocycles. The first-order chi connectivity index (χ1) is 20.0. The molecule has 1 aliphatic rings. The van der Waals surface area contributed by atoms with Gasteiger partial charge in [-0.05, 0) is 53.4 Å². The summed E-state index contributed by atoms with van der Waals surface area (Å²) < 4.78 is 6.67. The first-order valence-electron chi connectivity index (χ1n) is 14.0. The quantitative estimate of drug-likeness (QED) is 0.229. The van der Waals surface area contributed by atoms with Gasteiger partial charge in [-0.25, -0.2) is 15.0 Å². The van der Waals surface area contributed by atoms with Crippen LogP contribution in [0.1, 0.15) is 30.5 Å². The molecule has 4 nitrogen and oxygen atoms in total. The molecule has 196 valence electrons. The van der Waals surface area contributed by atoms with Gasteiger partial charge in [0.05, 0.1) is 5.56 Å². The molecule has 2 aromatic heterocycles. The Bertz CT molecular complexity index is 2140. The van der Waals surface area contributed by atoms with E-state index >= 15 is 0 Å². The molecule has 4 heteroatoms. The normalized spacial score (nSPS) is 13.4. The summed E-state index contributed by atoms with van der Waals surface area (Å²) in [5, 5.41) is 2.16. The van der Waals surface area contributed by atoms with E-state index in [9.17, 15) is 0 Å². The molecule has 0 bridgehead atoms. The minimum Gasteiger partial charge on any atom is -0.455 e. The largest absolute Gasteiger partial charge is 0.455 e. The molecule has 0 saturated heterocycles. The third-order valence-electron chi connectivity index (χ3n) is 8.39. The lowest BCUT2D eigenvalue weighted by Gasteiger charge is -2.21. The maximum Gasteiger partial charge on any atom is 0.167 e. The van der Waals surface area contributed by atoms with Crippen LogP contribution in [0.2, 0.25) is 0 Å². The predicted molar refractivity (Wildman–Crippen MR) is 166 cm³/mol. The van der Waals surface area contributed by atoms with Crippen LogP contribution in [0, 0.1) is 6.92 Å². The van der Waals surface area contributed by atoms with E-state index < -0.39 is 0 Å². The first-order valence-corrected chi connectivity index (χ1v) is 14.0. The highest BCUT2D eigenvalue weighted by atomic mass is 16.3. The number of hydrogen-bond donors (Lipinski definition) is 0. The highest BCUT2D eigenvalue weighted by Crippen LogP contribution is 2.51. The molecule has 0 saturated carbocycles. The zero-order valence-corrected chi connectivity index (χ0v) is 23.1. The highest BCUT2D eigenvalue weighted by Gasteiger charge is 2.36. The molecule has 2 heterocycles. The second-order valence-corrected chi connectivity index (χ2v) is 11.4. The van der Waals surface area contributed by atoms with Crippen LogP contribution in [0.4, 0.5) is 0 Å². The van der Waals surface area contributed by atoms with Crippen molar-refractivity contribution in [3.63, 3.8) is 0 Å². The number of furan rings is 1. The Morgan fingerprint density at radius 2 is 1.22 bits per heavy atom. The standard InChI is InChI=1S/C37H27N3O/c1-22-11-9-14-24(19-22)35-38-34(23-12-5-4-6-13-23)39-36(40-35)27-17-10-16-26-29-20-28-25-15-7-8-18-30(25)37(2,3)31(28)21-32(29)41-33(26)27/h4-21H,1-3H3. The van der Waals surface area contributed by atoms with Gasteiger partial charge in [0.15, 0.2) is 17.5 Å². The average molecular weight is 530 g/mol. The molecule has 7 aromatic rings. The minimum absolute atomic E-state index is 0.0938. The van der Waals surface area contributed by atoms with Crippen LogP contribution in [-0.4, -0.2) is 15.0 Å². The third kappa shape index (κ3) is 3.64. The summed E-state index contributed by atoms with van der Waals surface area (Å²) in [6.07, 6.45) is 0. The lowest BCUT2D eigenvalue weighted by Crippen LogP contribution is -2.14. The van der Waals surface area contributed by atoms with Crippen LogP contribution in [0.5, 0.6) is 0 Å². The minimum atomic E-state index is -0.0938. The summed E-state index contributed by atoms with van der Waals surface area (Å²) in [6, 6.07) is 37.8. The van der Waals surface area contributed by atoms with E-state index in [2.05, 4.69) is 81.4 Å². The van der Waals surface area contributed by atoms with E-state index in [1.807, 2.05) is 48.5 Å². The number of fused-ring (bicyclic) bond motifs is 6. The Labute approximate surface area is 238 Å². The number of nitrogens with zero attached hydrogens (tertiary/aromatic N) is 3. The molecule has 0 radical (unpaired) electrons. The van der Waals surface area contributed by atoms with E-state index in [4.69, 9.17) is 19.4 Å². The Kier molecular flexibility index (Phi) is 5.05. The van der Waals surface area contributed by atoms with Gasteiger partial charge in [0, 0.05) is 27.3 Å². The molecule has 0 spiro atoms. The first kappa shape index (κ1) is 23.8. The fourth-order valence-corrected chi connectivity index (χ4v) is 6.29. The maximum atomic E-state index is 6.67. The number of rotatable bonds is 3. The molecule has 0 atom stereocenters. The van der Waals surface area contributed by atoms with Crippen molar-refractivity contribution in [3.8, 4) is 45.3 Å². The summed E-state index contributed by atoms with van der Waals surface area (Å²) in [6.45, 7) is 6.66. The monoisotopic (exact) mass is 529 g/mol. The number of benzene rings is 5. The van der Waals surface area contributed by atoms with Gasteiger partial charge in [0.2, 0.25) is 0 Å². The van der Waals surface area contributed by atoms with Crippen molar-refractivity contribution in [2.24, 2.45) is 0 Å². The summed E-state index contributed by atoms with van der Waals surface area (Å²) in [7, 11) is 0. The van der Waals surface area contributed by atoms with E-state index in [1.54, 1.807) is 0 Å². The SMILES string of the molecule is Cc1cccc(-c2nc(-c3ccccc3)nc(-c3cccc4c3oc3cc5c(cc34)-c3ccccc3C5(C)C)n2)c1. The smallest absolute Gasteiger partial charge is 0.167 e. The Balaban J connectivity index is 1.37. The van der Waals surface area contributed by atoms with Crippen LogP contribution in [0.15, 0.2) is 114 Å². The maximum absolute atomic E-state index is 6.67. The van der Waals surface area contributed by atoms with Crippen LogP contribution in [-0.2, 0) is 5.41 Å². The predicted octanol–water partition coefficient (Wildman–Crippen LogP) is 9.39. The molecular weight excluding hydrogens is 502 g/mol. The van der Waals surface area contributed by atoms with E-state index in [1.165, 1.54) is 22.3 Å². The van der Waals surface area contributed by atoms with Crippen molar-refractivity contribution in [2.45, 2.75) is 26.2 Å². The molecule has 0 amide bonds. The lowest BCUT2D eigenvalue weighted by molar-refractivity contribution is 0.647. The van der Waals surface area contributed by atoms with E-state index in [0.717, 1.165) is 44.2 Å². The van der Waals surface area contributed by atoms with Crippen LogP contribution in [0.3, 0.4) is 0 Å². The zero-order valence-electron chi connectivity index (χ0n) is 23.1. The average Bonchev–Trinajstić information content (AvgIpc) is 3.48. The van der Waals surface area contributed by atoms with E-state index in [-0.39, 0.29) is 5.41 Å². The summed E-state index contributed by atoms with van der Waals surface area (Å²) >= 11 is 0. The fourth-order valence-electron chi connectivity index (χ4n) is 6.29. The molecule has 41 heavy (non-hydrogen) atoms. The van der Waals surface area contributed by atoms with E-state index in [0.29, 0.717) is 17.5 Å². The Hall–Kier alpha value is -5.09. The lowest BCUT2D eigenvalue weighted by atomic mass is 9.82. The van der Waals surface area contributed by atoms with Crippen molar-refractivity contribution in [2.75, 3.05) is 0 Å². The molecule has 0 unspecified atom stereocenters. The van der Waals surface area contributed by atoms with Gasteiger partial charge in [-0.1, -0.05) is 104 Å². The number of para-hydroxylation sites is 1. The van der Waals surface area contributed by atoms with Gasteiger partial charge in [0.25, 0.3) is 0 Å². The number of hydrogen-bond acceptors (Lipinski definition) is 4. The van der Waals surface area contributed by atoms with Crippen molar-refractivity contribution in [3.05, 3.63) is 126 Å².